The van der Waals surface area contributed by atoms with Crippen LogP contribution in [-0.2, 0) is 4.74 Å². The molecule has 0 aliphatic carbocycles. The van der Waals surface area contributed by atoms with E-state index >= 15 is 0 Å². The Bertz CT molecular complexity index is 418. The van der Waals surface area contributed by atoms with E-state index in [1.54, 1.807) is 11.7 Å². The molecule has 0 aliphatic heterocycles. The van der Waals surface area contributed by atoms with Crippen LogP contribution in [0, 0.1) is 0 Å². The molecule has 1 aromatic heterocycles. The van der Waals surface area contributed by atoms with Crippen molar-refractivity contribution in [3.8, 4) is 0 Å². The maximum absolute atomic E-state index is 11.5. The Kier molecular flexibility index (Phi) is 7.14. The molecule has 0 aliphatic rings. The van der Waals surface area contributed by atoms with Crippen LogP contribution in [0.15, 0.2) is 9.95 Å². The summed E-state index contributed by atoms with van der Waals surface area (Å²) in [5.41, 5.74) is -0.217. The zero-order valence-corrected chi connectivity index (χ0v) is 12.4. The molecule has 0 saturated heterocycles. The van der Waals surface area contributed by atoms with Gasteiger partial charge in [-0.25, -0.2) is 9.89 Å². The van der Waals surface area contributed by atoms with E-state index in [-0.39, 0.29) is 11.7 Å². The zero-order chi connectivity index (χ0) is 14.3. The highest BCUT2D eigenvalue weighted by Crippen LogP contribution is 2.17. The number of aliphatic hydroxyl groups is 1. The van der Waals surface area contributed by atoms with Crippen LogP contribution in [0.1, 0.15) is 19.9 Å². The lowest BCUT2D eigenvalue weighted by Gasteiger charge is -2.12. The maximum Gasteiger partial charge on any atom is 0.344 e. The largest absolute Gasteiger partial charge is 0.391 e. The van der Waals surface area contributed by atoms with Crippen molar-refractivity contribution in [2.24, 2.45) is 0 Å². The number of aliphatic hydroxyl groups excluding tert-OH is 1. The van der Waals surface area contributed by atoms with Crippen LogP contribution in [-0.4, -0.2) is 58.5 Å². The highest BCUT2D eigenvalue weighted by atomic mass is 32.2. The van der Waals surface area contributed by atoms with E-state index in [4.69, 9.17) is 4.74 Å². The quantitative estimate of drug-likeness (QED) is 0.432. The number of hydrogen-bond donors (Lipinski definition) is 3. The Labute approximate surface area is 116 Å². The number of hydrogen-bond acceptors (Lipinski definition) is 6. The molecule has 0 fully saturated rings. The highest BCUT2D eigenvalue weighted by Gasteiger charge is 2.13. The molecule has 0 spiro atoms. The van der Waals surface area contributed by atoms with E-state index in [0.717, 1.165) is 0 Å². The summed E-state index contributed by atoms with van der Waals surface area (Å²) >= 11 is 1.37. The number of ether oxygens (including phenoxy) is 1. The molecule has 0 aromatic carbocycles. The summed E-state index contributed by atoms with van der Waals surface area (Å²) in [7, 11) is 1.64. The van der Waals surface area contributed by atoms with Gasteiger partial charge in [-0.15, -0.1) is 5.10 Å². The fourth-order valence-electron chi connectivity index (χ4n) is 1.52. The third kappa shape index (κ3) is 5.35. The lowest BCUT2D eigenvalue weighted by atomic mass is 10.4. The third-order valence-corrected chi connectivity index (χ3v) is 3.55. The number of thioether (sulfide) groups is 1. The third-order valence-electron chi connectivity index (χ3n) is 2.46. The van der Waals surface area contributed by atoms with Crippen molar-refractivity contribution in [3.63, 3.8) is 0 Å². The van der Waals surface area contributed by atoms with Gasteiger partial charge in [0.05, 0.1) is 12.7 Å². The van der Waals surface area contributed by atoms with Crippen molar-refractivity contribution in [2.45, 2.75) is 31.1 Å². The highest BCUT2D eigenvalue weighted by molar-refractivity contribution is 7.99. The fourth-order valence-corrected chi connectivity index (χ4v) is 2.52. The van der Waals surface area contributed by atoms with Crippen LogP contribution in [0.4, 0.5) is 0 Å². The molecule has 0 saturated carbocycles. The molecule has 8 heteroatoms. The monoisotopic (exact) mass is 290 g/mol. The Morgan fingerprint density at radius 1 is 1.58 bits per heavy atom. The van der Waals surface area contributed by atoms with E-state index < -0.39 is 6.10 Å². The van der Waals surface area contributed by atoms with E-state index in [1.165, 1.54) is 11.8 Å². The molecule has 7 nitrogen and oxygen atoms in total. The van der Waals surface area contributed by atoms with Gasteiger partial charge in [0.15, 0.2) is 5.16 Å². The molecule has 1 unspecified atom stereocenters. The molecule has 3 N–H and O–H groups in total. The minimum absolute atomic E-state index is 0.0470. The van der Waals surface area contributed by atoms with E-state index in [1.807, 2.05) is 13.8 Å². The lowest BCUT2D eigenvalue weighted by Crippen LogP contribution is -2.31. The van der Waals surface area contributed by atoms with Crippen molar-refractivity contribution >= 4 is 11.8 Å². The fraction of sp³-hybridized carbons (Fsp3) is 0.818. The van der Waals surface area contributed by atoms with Crippen LogP contribution in [0.25, 0.3) is 0 Å². The molecule has 1 heterocycles. The van der Waals surface area contributed by atoms with Crippen molar-refractivity contribution in [1.29, 1.82) is 0 Å². The number of rotatable bonds is 9. The molecule has 1 aromatic rings. The van der Waals surface area contributed by atoms with Crippen LogP contribution in [0.2, 0.25) is 0 Å². The van der Waals surface area contributed by atoms with Gasteiger partial charge >= 0.3 is 5.69 Å². The van der Waals surface area contributed by atoms with Crippen molar-refractivity contribution in [2.75, 3.05) is 32.6 Å². The first kappa shape index (κ1) is 16.2. The first-order chi connectivity index (χ1) is 9.06. The van der Waals surface area contributed by atoms with Crippen LogP contribution < -0.4 is 11.0 Å². The Morgan fingerprint density at radius 2 is 2.32 bits per heavy atom. The second-order valence-electron chi connectivity index (χ2n) is 4.44. The lowest BCUT2D eigenvalue weighted by molar-refractivity contribution is 0.175. The number of H-pyrrole nitrogens is 1. The number of aromatic amines is 1. The average Bonchev–Trinajstić information content (AvgIpc) is 2.73. The number of nitrogens with zero attached hydrogens (tertiary/aromatic N) is 2. The van der Waals surface area contributed by atoms with Crippen molar-refractivity contribution < 1.29 is 9.84 Å². The Balaban J connectivity index is 2.38. The van der Waals surface area contributed by atoms with Gasteiger partial charge in [-0.1, -0.05) is 11.8 Å². The molecule has 0 amide bonds. The molecule has 0 bridgehead atoms. The average molecular weight is 290 g/mol. The maximum atomic E-state index is 11.5. The summed E-state index contributed by atoms with van der Waals surface area (Å²) in [5.74, 6) is 0.483. The van der Waals surface area contributed by atoms with Crippen molar-refractivity contribution in [3.05, 3.63) is 10.5 Å². The predicted octanol–water partition coefficient (Wildman–Crippen LogP) is -0.159. The molecular formula is C11H22N4O3S. The number of aromatic nitrogens is 3. The second kappa shape index (κ2) is 8.36. The van der Waals surface area contributed by atoms with Gasteiger partial charge < -0.3 is 15.2 Å². The molecule has 1 atom stereocenters. The minimum Gasteiger partial charge on any atom is -0.391 e. The van der Waals surface area contributed by atoms with E-state index in [2.05, 4.69) is 15.5 Å². The number of methoxy groups -OCH3 is 1. The summed E-state index contributed by atoms with van der Waals surface area (Å²) in [6.07, 6.45) is -0.491. The van der Waals surface area contributed by atoms with Crippen LogP contribution in [0.5, 0.6) is 0 Å². The molecular weight excluding hydrogens is 268 g/mol. The van der Waals surface area contributed by atoms with E-state index in [0.29, 0.717) is 30.6 Å². The molecule has 1 rings (SSSR count). The van der Waals surface area contributed by atoms with E-state index in [9.17, 15) is 9.90 Å². The smallest absolute Gasteiger partial charge is 0.344 e. The summed E-state index contributed by atoms with van der Waals surface area (Å²) in [4.78, 5) is 11.5. The summed E-state index contributed by atoms with van der Waals surface area (Å²) in [5, 5.41) is 19.9. The van der Waals surface area contributed by atoms with Crippen LogP contribution in [0.3, 0.4) is 0 Å². The van der Waals surface area contributed by atoms with Gasteiger partial charge in [-0.2, -0.15) is 0 Å². The van der Waals surface area contributed by atoms with Gasteiger partial charge in [-0.05, 0) is 13.8 Å². The molecule has 19 heavy (non-hydrogen) atoms. The topological polar surface area (TPSA) is 92.2 Å². The Morgan fingerprint density at radius 3 is 2.95 bits per heavy atom. The Hall–Kier alpha value is -0.830. The first-order valence-electron chi connectivity index (χ1n) is 6.23. The van der Waals surface area contributed by atoms with Crippen LogP contribution >= 0.6 is 11.8 Å². The summed E-state index contributed by atoms with van der Waals surface area (Å²) in [6, 6.07) is 0.0470. The summed E-state index contributed by atoms with van der Waals surface area (Å²) in [6.45, 7) is 5.66. The van der Waals surface area contributed by atoms with Gasteiger partial charge in [0, 0.05) is 32.0 Å². The predicted molar refractivity (Wildman–Crippen MR) is 74.7 cm³/mol. The minimum atomic E-state index is -0.491. The van der Waals surface area contributed by atoms with Gasteiger partial charge in [0.1, 0.15) is 0 Å². The SMILES string of the molecule is COCCNCC(O)CSc1n[nH]c(=O)n1C(C)C. The second-order valence-corrected chi connectivity index (χ2v) is 5.42. The molecule has 0 radical (unpaired) electrons. The number of nitrogens with one attached hydrogen (secondary N) is 2. The van der Waals surface area contributed by atoms with Gasteiger partial charge in [-0.3, -0.25) is 4.57 Å². The molecule has 110 valence electrons. The van der Waals surface area contributed by atoms with Gasteiger partial charge in [0.25, 0.3) is 0 Å². The van der Waals surface area contributed by atoms with Crippen molar-refractivity contribution in [1.82, 2.24) is 20.1 Å². The summed E-state index contributed by atoms with van der Waals surface area (Å²) < 4.78 is 6.48. The zero-order valence-electron chi connectivity index (χ0n) is 11.5. The van der Waals surface area contributed by atoms with Gasteiger partial charge in [0.2, 0.25) is 0 Å². The normalized spacial score (nSPS) is 13.1. The standard InChI is InChI=1S/C11H22N4O3S/c1-8(2)15-10(17)13-14-11(15)19-7-9(16)6-12-4-5-18-3/h8-9,12,16H,4-7H2,1-3H3,(H,13,17). The first-order valence-corrected chi connectivity index (χ1v) is 7.22.